The van der Waals surface area contributed by atoms with Crippen molar-refractivity contribution < 1.29 is 8.78 Å². The molecule has 0 bridgehead atoms. The zero-order valence-electron chi connectivity index (χ0n) is 13.8. The van der Waals surface area contributed by atoms with Gasteiger partial charge in [0.1, 0.15) is 5.03 Å². The van der Waals surface area contributed by atoms with Crippen LogP contribution in [0.2, 0.25) is 0 Å². The highest BCUT2D eigenvalue weighted by Crippen LogP contribution is 2.28. The number of hydrogen-bond acceptors (Lipinski definition) is 6. The average Bonchev–Trinajstić information content (AvgIpc) is 3.20. The van der Waals surface area contributed by atoms with Gasteiger partial charge in [-0.15, -0.1) is 20.4 Å². The van der Waals surface area contributed by atoms with Gasteiger partial charge in [-0.05, 0) is 30.8 Å². The maximum Gasteiger partial charge on any atom is 0.299 e. The molecule has 26 heavy (non-hydrogen) atoms. The Morgan fingerprint density at radius 2 is 1.73 bits per heavy atom. The normalized spacial score (nSPS) is 11.6. The Bertz CT molecular complexity index is 1070. The van der Waals surface area contributed by atoms with Crippen molar-refractivity contribution in [3.63, 3.8) is 0 Å². The highest BCUT2D eigenvalue weighted by Gasteiger charge is 2.18. The van der Waals surface area contributed by atoms with Crippen LogP contribution in [0, 0.1) is 6.92 Å². The number of rotatable bonds is 4. The molecule has 4 rings (SSSR count). The summed E-state index contributed by atoms with van der Waals surface area (Å²) in [5.41, 5.74) is 2.37. The Hall–Kier alpha value is -2.88. The van der Waals surface area contributed by atoms with Gasteiger partial charge in [-0.3, -0.25) is 0 Å². The van der Waals surface area contributed by atoms with E-state index in [1.165, 1.54) is 11.8 Å². The fourth-order valence-electron chi connectivity index (χ4n) is 2.43. The molecule has 3 aromatic heterocycles. The van der Waals surface area contributed by atoms with Crippen LogP contribution in [0.1, 0.15) is 17.8 Å². The number of hydrogen-bond donors (Lipinski definition) is 0. The minimum absolute atomic E-state index is 0.267. The summed E-state index contributed by atoms with van der Waals surface area (Å²) in [4.78, 5) is 0. The van der Waals surface area contributed by atoms with Gasteiger partial charge in [0, 0.05) is 12.6 Å². The predicted octanol–water partition coefficient (Wildman–Crippen LogP) is 3.32. The van der Waals surface area contributed by atoms with Crippen LogP contribution in [0.4, 0.5) is 8.78 Å². The number of benzene rings is 1. The maximum absolute atomic E-state index is 13.0. The summed E-state index contributed by atoms with van der Waals surface area (Å²) >= 11 is 1.23. The molecule has 3 heterocycles. The monoisotopic (exact) mass is 373 g/mol. The van der Waals surface area contributed by atoms with E-state index in [-0.39, 0.29) is 5.65 Å². The molecule has 0 aliphatic carbocycles. The van der Waals surface area contributed by atoms with E-state index in [4.69, 9.17) is 0 Å². The van der Waals surface area contributed by atoms with Crippen molar-refractivity contribution >= 4 is 17.4 Å². The number of fused-ring (bicyclic) bond motifs is 1. The van der Waals surface area contributed by atoms with Gasteiger partial charge in [-0.1, -0.05) is 29.8 Å². The zero-order valence-corrected chi connectivity index (χ0v) is 14.7. The van der Waals surface area contributed by atoms with Crippen LogP contribution >= 0.6 is 11.8 Å². The van der Waals surface area contributed by atoms with E-state index in [0.717, 1.165) is 15.6 Å². The van der Waals surface area contributed by atoms with Gasteiger partial charge in [-0.2, -0.15) is 9.61 Å². The molecule has 0 spiro atoms. The Balaban J connectivity index is 1.66. The topological polar surface area (TPSA) is 73.8 Å². The molecule has 4 aromatic rings. The first-order valence-electron chi connectivity index (χ1n) is 7.68. The molecule has 0 fully saturated rings. The third kappa shape index (κ3) is 2.92. The van der Waals surface area contributed by atoms with Gasteiger partial charge in [0.25, 0.3) is 6.43 Å². The summed E-state index contributed by atoms with van der Waals surface area (Å²) in [6, 6.07) is 11.2. The molecule has 0 saturated carbocycles. The van der Waals surface area contributed by atoms with Crippen LogP contribution in [-0.2, 0) is 7.05 Å². The number of aryl methyl sites for hydroxylation is 1. The largest absolute Gasteiger partial charge is 0.305 e. The first-order valence-corrected chi connectivity index (χ1v) is 8.49. The molecular formula is C16H13F2N7S. The Morgan fingerprint density at radius 3 is 2.46 bits per heavy atom. The maximum atomic E-state index is 13.0. The van der Waals surface area contributed by atoms with Crippen molar-refractivity contribution in [3.05, 3.63) is 47.8 Å². The van der Waals surface area contributed by atoms with Crippen molar-refractivity contribution in [2.75, 3.05) is 0 Å². The van der Waals surface area contributed by atoms with E-state index in [2.05, 4.69) is 25.5 Å². The van der Waals surface area contributed by atoms with Gasteiger partial charge >= 0.3 is 0 Å². The summed E-state index contributed by atoms with van der Waals surface area (Å²) in [6.45, 7) is 2.02. The second kappa shape index (κ2) is 6.45. The molecule has 0 radical (unpaired) electrons. The van der Waals surface area contributed by atoms with Crippen LogP contribution in [0.15, 0.2) is 46.6 Å². The molecule has 7 nitrogen and oxygen atoms in total. The van der Waals surface area contributed by atoms with E-state index in [1.807, 2.05) is 42.8 Å². The highest BCUT2D eigenvalue weighted by molar-refractivity contribution is 7.99. The summed E-state index contributed by atoms with van der Waals surface area (Å²) in [5.74, 6) is 0.229. The van der Waals surface area contributed by atoms with Gasteiger partial charge in [0.2, 0.25) is 5.82 Å². The van der Waals surface area contributed by atoms with Crippen LogP contribution in [0.25, 0.3) is 17.0 Å². The van der Waals surface area contributed by atoms with E-state index in [9.17, 15) is 8.78 Å². The van der Waals surface area contributed by atoms with Gasteiger partial charge in [-0.25, -0.2) is 8.78 Å². The number of halogens is 2. The second-order valence-corrected chi connectivity index (χ2v) is 6.62. The first kappa shape index (κ1) is 16.6. The summed E-state index contributed by atoms with van der Waals surface area (Å²) in [6.07, 6.45) is -2.75. The SMILES string of the molecule is Cc1ccc(-c2nnc(Sc3ccc4nnc(C(F)F)n4n3)n2C)cc1. The third-order valence-corrected chi connectivity index (χ3v) is 4.76. The fraction of sp³-hybridized carbons (Fsp3) is 0.188. The minimum atomic E-state index is -2.75. The number of aromatic nitrogens is 7. The van der Waals surface area contributed by atoms with Gasteiger partial charge in [0.05, 0.1) is 0 Å². The summed E-state index contributed by atoms with van der Waals surface area (Å²) in [5, 5.41) is 20.8. The quantitative estimate of drug-likeness (QED) is 0.546. The van der Waals surface area contributed by atoms with Crippen molar-refractivity contribution in [2.24, 2.45) is 7.05 Å². The van der Waals surface area contributed by atoms with E-state index in [0.29, 0.717) is 16.0 Å². The molecule has 0 saturated heterocycles. The Kier molecular flexibility index (Phi) is 4.11. The fourth-order valence-corrected chi connectivity index (χ4v) is 3.18. The van der Waals surface area contributed by atoms with Gasteiger partial charge < -0.3 is 4.57 Å². The Labute approximate surface area is 151 Å². The van der Waals surface area contributed by atoms with Crippen molar-refractivity contribution in [2.45, 2.75) is 23.5 Å². The number of nitrogens with zero attached hydrogens (tertiary/aromatic N) is 7. The standard InChI is InChI=1S/C16H13F2N7S/c1-9-3-5-10(6-4-9)14-20-22-16(24(14)2)26-12-8-7-11-19-21-15(13(17)18)25(11)23-12/h3-8,13H,1-2H3. The zero-order chi connectivity index (χ0) is 18.3. The molecule has 132 valence electrons. The Morgan fingerprint density at radius 1 is 0.962 bits per heavy atom. The van der Waals surface area contributed by atoms with Crippen LogP contribution in [-0.4, -0.2) is 34.6 Å². The lowest BCUT2D eigenvalue weighted by molar-refractivity contribution is 0.137. The van der Waals surface area contributed by atoms with Crippen molar-refractivity contribution in [1.82, 2.24) is 34.6 Å². The van der Waals surface area contributed by atoms with Crippen molar-refractivity contribution in [3.8, 4) is 11.4 Å². The minimum Gasteiger partial charge on any atom is -0.305 e. The van der Waals surface area contributed by atoms with Crippen molar-refractivity contribution in [1.29, 1.82) is 0 Å². The lowest BCUT2D eigenvalue weighted by Gasteiger charge is -2.04. The molecule has 0 atom stereocenters. The second-order valence-electron chi connectivity index (χ2n) is 5.63. The lowest BCUT2D eigenvalue weighted by Crippen LogP contribution is -2.01. The molecule has 0 amide bonds. The average molecular weight is 373 g/mol. The molecule has 1 aromatic carbocycles. The summed E-state index contributed by atoms with van der Waals surface area (Å²) in [7, 11) is 1.85. The molecule has 0 aliphatic rings. The van der Waals surface area contributed by atoms with E-state index < -0.39 is 12.2 Å². The molecule has 0 aliphatic heterocycles. The third-order valence-electron chi connectivity index (χ3n) is 3.80. The van der Waals surface area contributed by atoms with Crippen LogP contribution in [0.5, 0.6) is 0 Å². The van der Waals surface area contributed by atoms with Crippen LogP contribution in [0.3, 0.4) is 0 Å². The molecule has 0 unspecified atom stereocenters. The van der Waals surface area contributed by atoms with Gasteiger partial charge in [0.15, 0.2) is 16.6 Å². The summed E-state index contributed by atoms with van der Waals surface area (Å²) < 4.78 is 28.8. The smallest absolute Gasteiger partial charge is 0.299 e. The molecular weight excluding hydrogens is 360 g/mol. The molecule has 0 N–H and O–H groups in total. The van der Waals surface area contributed by atoms with Crippen LogP contribution < -0.4 is 0 Å². The lowest BCUT2D eigenvalue weighted by atomic mass is 10.1. The highest BCUT2D eigenvalue weighted by atomic mass is 32.2. The predicted molar refractivity (Wildman–Crippen MR) is 91.0 cm³/mol. The van der Waals surface area contributed by atoms with E-state index >= 15 is 0 Å². The first-order chi connectivity index (χ1) is 12.5. The molecule has 10 heteroatoms. The van der Waals surface area contributed by atoms with E-state index in [1.54, 1.807) is 12.1 Å². The number of alkyl halides is 2.